The van der Waals surface area contributed by atoms with Crippen molar-refractivity contribution < 1.29 is 30.6 Å². The Kier molecular flexibility index (Phi) is 7.80. The molecule has 2 rings (SSSR count). The minimum Gasteiger partial charge on any atom is -0.394 e. The van der Waals surface area contributed by atoms with Crippen LogP contribution >= 0.6 is 0 Å². The molecule has 166 valence electrons. The van der Waals surface area contributed by atoms with Crippen LogP contribution in [0, 0.1) is 11.8 Å². The van der Waals surface area contributed by atoms with E-state index in [1.54, 1.807) is 24.3 Å². The van der Waals surface area contributed by atoms with Crippen molar-refractivity contribution in [2.45, 2.75) is 49.1 Å². The Labute approximate surface area is 178 Å². The van der Waals surface area contributed by atoms with Gasteiger partial charge in [0.05, 0.1) is 13.2 Å². The topological polar surface area (TPSA) is 121 Å². The first-order valence-electron chi connectivity index (χ1n) is 10.1. The van der Waals surface area contributed by atoms with Crippen LogP contribution < -0.4 is 0 Å². The zero-order valence-electron chi connectivity index (χ0n) is 17.4. The van der Waals surface area contributed by atoms with E-state index < -0.39 is 42.5 Å². The Hall–Kier alpha value is -1.80. The van der Waals surface area contributed by atoms with Gasteiger partial charge in [-0.15, -0.1) is 0 Å². The van der Waals surface area contributed by atoms with Gasteiger partial charge in [-0.2, -0.15) is 0 Å². The van der Waals surface area contributed by atoms with Gasteiger partial charge in [0.2, 0.25) is 0 Å². The molecule has 6 N–H and O–H groups in total. The maximum Gasteiger partial charge on any atom is 0.122 e. The number of rotatable bonds is 9. The molecule has 0 aromatic rings. The van der Waals surface area contributed by atoms with Crippen LogP contribution in [-0.2, 0) is 0 Å². The summed E-state index contributed by atoms with van der Waals surface area (Å²) < 4.78 is 0. The highest BCUT2D eigenvalue weighted by Gasteiger charge is 2.53. The molecule has 0 aromatic carbocycles. The molecule has 0 heterocycles. The number of hydrogen-bond acceptors (Lipinski definition) is 6. The van der Waals surface area contributed by atoms with Crippen LogP contribution in [0.1, 0.15) is 25.7 Å². The van der Waals surface area contributed by atoms with Crippen LogP contribution in [0.4, 0.5) is 0 Å². The van der Waals surface area contributed by atoms with E-state index in [4.69, 9.17) is 0 Å². The molecule has 0 bridgehead atoms. The summed E-state index contributed by atoms with van der Waals surface area (Å²) in [6.45, 7) is 14.0. The second kappa shape index (κ2) is 9.56. The molecule has 0 saturated carbocycles. The zero-order chi connectivity index (χ0) is 22.7. The fourth-order valence-electron chi connectivity index (χ4n) is 4.21. The monoisotopic (exact) mass is 418 g/mol. The van der Waals surface area contributed by atoms with Gasteiger partial charge in [-0.05, 0) is 25.7 Å². The highest BCUT2D eigenvalue weighted by molar-refractivity contribution is 5.33. The summed E-state index contributed by atoms with van der Waals surface area (Å²) in [7, 11) is 0. The molecule has 2 aliphatic rings. The van der Waals surface area contributed by atoms with E-state index in [2.05, 4.69) is 26.3 Å². The molecular formula is C24H34O6. The van der Waals surface area contributed by atoms with Crippen molar-refractivity contribution in [3.8, 4) is 0 Å². The summed E-state index contributed by atoms with van der Waals surface area (Å²) in [5.74, 6) is -0.766. The Balaban J connectivity index is 2.34. The minimum absolute atomic E-state index is 0.119. The van der Waals surface area contributed by atoms with E-state index in [9.17, 15) is 30.6 Å². The third-order valence-corrected chi connectivity index (χ3v) is 6.21. The number of hydrogen-bond donors (Lipinski definition) is 6. The molecule has 30 heavy (non-hydrogen) atoms. The lowest BCUT2D eigenvalue weighted by Crippen LogP contribution is -2.65. The Bertz CT molecular complexity index is 766. The summed E-state index contributed by atoms with van der Waals surface area (Å²) in [6.07, 6.45) is 4.12. The van der Waals surface area contributed by atoms with Crippen molar-refractivity contribution in [3.63, 3.8) is 0 Å². The van der Waals surface area contributed by atoms with Gasteiger partial charge < -0.3 is 30.6 Å². The van der Waals surface area contributed by atoms with Gasteiger partial charge in [0.25, 0.3) is 0 Å². The fraction of sp³-hybridized carbons (Fsp3) is 0.500. The average Bonchev–Trinajstić information content (AvgIpc) is 2.70. The summed E-state index contributed by atoms with van der Waals surface area (Å²) >= 11 is 0. The van der Waals surface area contributed by atoms with Crippen molar-refractivity contribution in [1.29, 1.82) is 0 Å². The zero-order valence-corrected chi connectivity index (χ0v) is 17.4. The van der Waals surface area contributed by atoms with Crippen LogP contribution in [0.5, 0.6) is 0 Å². The SMILES string of the molecule is C=C1C=CC(C[C@](O)(CO)[C@@H](O)[C@@](O)(CC2C=CC(=C)CC2=C)[C@H](O)CO)C(=C)C1. The lowest BCUT2D eigenvalue weighted by atomic mass is 9.69. The molecule has 2 unspecified atom stereocenters. The number of aliphatic hydroxyl groups is 6. The van der Waals surface area contributed by atoms with Crippen LogP contribution in [0.2, 0.25) is 0 Å². The van der Waals surface area contributed by atoms with Crippen molar-refractivity contribution >= 4 is 0 Å². The van der Waals surface area contributed by atoms with E-state index in [-0.39, 0.29) is 18.8 Å². The van der Waals surface area contributed by atoms with Crippen LogP contribution in [0.25, 0.3) is 0 Å². The lowest BCUT2D eigenvalue weighted by molar-refractivity contribution is -0.231. The molecule has 0 radical (unpaired) electrons. The second-order valence-electron chi connectivity index (χ2n) is 8.68. The van der Waals surface area contributed by atoms with Gasteiger partial charge in [-0.3, -0.25) is 0 Å². The van der Waals surface area contributed by atoms with Gasteiger partial charge in [0.15, 0.2) is 0 Å². The van der Waals surface area contributed by atoms with Crippen molar-refractivity contribution in [1.82, 2.24) is 0 Å². The molecule has 0 saturated heterocycles. The largest absolute Gasteiger partial charge is 0.394 e. The van der Waals surface area contributed by atoms with Crippen molar-refractivity contribution in [2.75, 3.05) is 13.2 Å². The molecule has 6 nitrogen and oxygen atoms in total. The molecular weight excluding hydrogens is 384 g/mol. The number of allylic oxidation sites excluding steroid dienone is 8. The van der Waals surface area contributed by atoms with E-state index in [1.165, 1.54) is 0 Å². The van der Waals surface area contributed by atoms with Gasteiger partial charge in [-0.25, -0.2) is 0 Å². The summed E-state index contributed by atoms with van der Waals surface area (Å²) in [4.78, 5) is 0. The minimum atomic E-state index is -2.30. The Morgan fingerprint density at radius 1 is 0.867 bits per heavy atom. The molecule has 6 heteroatoms. The molecule has 0 amide bonds. The van der Waals surface area contributed by atoms with Crippen LogP contribution in [-0.4, -0.2) is 67.3 Å². The quantitative estimate of drug-likeness (QED) is 0.314. The fourth-order valence-corrected chi connectivity index (χ4v) is 4.21. The first-order chi connectivity index (χ1) is 14.0. The van der Waals surface area contributed by atoms with Gasteiger partial charge in [0, 0.05) is 11.8 Å². The predicted octanol–water partition coefficient (Wildman–Crippen LogP) is 1.31. The van der Waals surface area contributed by atoms with E-state index in [0.717, 1.165) is 22.3 Å². The molecule has 0 fully saturated rings. The Morgan fingerprint density at radius 2 is 1.33 bits per heavy atom. The third kappa shape index (κ3) is 5.09. The molecule has 0 aromatic heterocycles. The van der Waals surface area contributed by atoms with Gasteiger partial charge in [0.1, 0.15) is 23.4 Å². The first-order valence-corrected chi connectivity index (χ1v) is 10.1. The first kappa shape index (κ1) is 24.5. The molecule has 0 spiro atoms. The lowest BCUT2D eigenvalue weighted by Gasteiger charge is -2.46. The average molecular weight is 419 g/mol. The van der Waals surface area contributed by atoms with Gasteiger partial charge in [-0.1, -0.05) is 72.9 Å². The van der Waals surface area contributed by atoms with Crippen molar-refractivity contribution in [2.24, 2.45) is 11.8 Å². The summed E-state index contributed by atoms with van der Waals surface area (Å²) in [5.41, 5.74) is -1.25. The van der Waals surface area contributed by atoms with Gasteiger partial charge >= 0.3 is 0 Å². The Morgan fingerprint density at radius 3 is 1.73 bits per heavy atom. The normalized spacial score (nSPS) is 28.2. The summed E-state index contributed by atoms with van der Waals surface area (Å²) in [6, 6.07) is 0. The maximum absolute atomic E-state index is 11.3. The summed E-state index contributed by atoms with van der Waals surface area (Å²) in [5, 5.41) is 63.4. The van der Waals surface area contributed by atoms with E-state index in [0.29, 0.717) is 12.8 Å². The maximum atomic E-state index is 11.3. The van der Waals surface area contributed by atoms with Crippen LogP contribution in [0.3, 0.4) is 0 Å². The van der Waals surface area contributed by atoms with E-state index in [1.807, 2.05) is 0 Å². The smallest absolute Gasteiger partial charge is 0.122 e. The molecule has 6 atom stereocenters. The van der Waals surface area contributed by atoms with E-state index >= 15 is 0 Å². The van der Waals surface area contributed by atoms with Crippen molar-refractivity contribution in [3.05, 3.63) is 72.9 Å². The molecule has 2 aliphatic carbocycles. The third-order valence-electron chi connectivity index (χ3n) is 6.21. The standard InChI is InChI=1S/C24H34O6/c1-15-5-7-19(17(3)9-15)11-23(29,14-26)22(28)24(30,21(27)13-25)12-20-8-6-16(2)10-18(20)4/h5-8,19-22,25-30H,1-4,9-14H2/t19?,20?,21-,22-,23+,24-/m1/s1. The number of aliphatic hydroxyl groups excluding tert-OH is 4. The molecule has 0 aliphatic heterocycles. The van der Waals surface area contributed by atoms with Crippen LogP contribution in [0.15, 0.2) is 72.9 Å². The highest BCUT2D eigenvalue weighted by atomic mass is 16.4. The predicted molar refractivity (Wildman–Crippen MR) is 116 cm³/mol. The highest BCUT2D eigenvalue weighted by Crippen LogP contribution is 2.40. The second-order valence-corrected chi connectivity index (χ2v) is 8.68.